The molecule has 0 saturated heterocycles. The third-order valence-corrected chi connectivity index (χ3v) is 4.22. The van der Waals surface area contributed by atoms with Gasteiger partial charge in [0.05, 0.1) is 26.1 Å². The number of benzene rings is 2. The number of rotatable bonds is 2. The number of para-hydroxylation sites is 1. The molecule has 0 aliphatic heterocycles. The standard InChI is InChI=1S/C14H8N4O3S/c15-14-16-13-10(22-14)6-5-9-11(13)12(17-21-9)7-3-1-2-4-8(7)18(19)20/h1-6H,(H2,15,16). The summed E-state index contributed by atoms with van der Waals surface area (Å²) in [5, 5.41) is 16.3. The zero-order chi connectivity index (χ0) is 15.3. The van der Waals surface area contributed by atoms with E-state index in [4.69, 9.17) is 10.3 Å². The van der Waals surface area contributed by atoms with E-state index in [1.54, 1.807) is 24.3 Å². The number of thiazole rings is 1. The Morgan fingerprint density at radius 2 is 2.05 bits per heavy atom. The molecule has 0 atom stereocenters. The largest absolute Gasteiger partial charge is 0.375 e. The average Bonchev–Trinajstić information content (AvgIpc) is 3.08. The summed E-state index contributed by atoms with van der Waals surface area (Å²) >= 11 is 1.35. The number of nitrogen functional groups attached to an aromatic ring is 1. The number of anilines is 1. The van der Waals surface area contributed by atoms with E-state index in [0.717, 1.165) is 4.70 Å². The predicted molar refractivity (Wildman–Crippen MR) is 83.7 cm³/mol. The molecule has 0 bridgehead atoms. The van der Waals surface area contributed by atoms with Gasteiger partial charge in [-0.15, -0.1) is 0 Å². The first-order valence-corrected chi connectivity index (χ1v) is 7.15. The summed E-state index contributed by atoms with van der Waals surface area (Å²) in [5.74, 6) is 0. The van der Waals surface area contributed by atoms with E-state index in [1.165, 1.54) is 17.4 Å². The van der Waals surface area contributed by atoms with Crippen molar-refractivity contribution in [2.45, 2.75) is 0 Å². The fraction of sp³-hybridized carbons (Fsp3) is 0. The number of fused-ring (bicyclic) bond motifs is 3. The number of hydrogen-bond acceptors (Lipinski definition) is 7. The first-order valence-electron chi connectivity index (χ1n) is 6.33. The maximum Gasteiger partial charge on any atom is 0.278 e. The van der Waals surface area contributed by atoms with Crippen molar-refractivity contribution in [2.24, 2.45) is 0 Å². The number of nitrogens with two attached hydrogens (primary N) is 1. The van der Waals surface area contributed by atoms with Gasteiger partial charge in [0.15, 0.2) is 10.7 Å². The molecule has 0 fully saturated rings. The Bertz CT molecular complexity index is 1040. The minimum absolute atomic E-state index is 0.0297. The highest BCUT2D eigenvalue weighted by Gasteiger charge is 2.22. The van der Waals surface area contributed by atoms with Gasteiger partial charge in [-0.2, -0.15) is 0 Å². The van der Waals surface area contributed by atoms with Gasteiger partial charge >= 0.3 is 0 Å². The second-order valence-electron chi connectivity index (χ2n) is 4.64. The van der Waals surface area contributed by atoms with Crippen LogP contribution in [0.1, 0.15) is 0 Å². The molecular formula is C14H8N4O3S. The quantitative estimate of drug-likeness (QED) is 0.447. The van der Waals surface area contributed by atoms with Crippen LogP contribution in [-0.4, -0.2) is 15.1 Å². The monoisotopic (exact) mass is 312 g/mol. The molecule has 4 rings (SSSR count). The summed E-state index contributed by atoms with van der Waals surface area (Å²) < 4.78 is 6.19. The molecule has 0 amide bonds. The summed E-state index contributed by atoms with van der Waals surface area (Å²) in [4.78, 5) is 15.1. The summed E-state index contributed by atoms with van der Waals surface area (Å²) in [6.07, 6.45) is 0. The van der Waals surface area contributed by atoms with Crippen LogP contribution in [0.3, 0.4) is 0 Å². The van der Waals surface area contributed by atoms with Crippen molar-refractivity contribution in [1.29, 1.82) is 0 Å². The third-order valence-electron chi connectivity index (χ3n) is 3.37. The fourth-order valence-electron chi connectivity index (χ4n) is 2.45. The first kappa shape index (κ1) is 12.7. The summed E-state index contributed by atoms with van der Waals surface area (Å²) in [6.45, 7) is 0. The van der Waals surface area contributed by atoms with Crippen LogP contribution >= 0.6 is 11.3 Å². The molecule has 0 saturated carbocycles. The van der Waals surface area contributed by atoms with Crippen LogP contribution in [0, 0.1) is 10.1 Å². The van der Waals surface area contributed by atoms with Gasteiger partial charge in [0.25, 0.3) is 5.69 Å². The molecule has 2 heterocycles. The van der Waals surface area contributed by atoms with Crippen LogP contribution in [0.2, 0.25) is 0 Å². The Labute approximate surface area is 127 Å². The summed E-state index contributed by atoms with van der Waals surface area (Å²) in [7, 11) is 0. The average molecular weight is 312 g/mol. The Morgan fingerprint density at radius 1 is 1.23 bits per heavy atom. The van der Waals surface area contributed by atoms with Crippen molar-refractivity contribution in [3.8, 4) is 11.3 Å². The molecule has 4 aromatic rings. The van der Waals surface area contributed by atoms with Crippen molar-refractivity contribution in [1.82, 2.24) is 10.1 Å². The van der Waals surface area contributed by atoms with Gasteiger partial charge in [-0.3, -0.25) is 10.1 Å². The molecule has 0 aliphatic carbocycles. The number of nitro groups is 1. The molecule has 7 nitrogen and oxygen atoms in total. The number of nitro benzene ring substituents is 1. The second kappa shape index (κ2) is 4.50. The highest BCUT2D eigenvalue weighted by molar-refractivity contribution is 7.22. The molecule has 2 N–H and O–H groups in total. The predicted octanol–water partition coefficient (Wildman–Crippen LogP) is 3.59. The summed E-state index contributed by atoms with van der Waals surface area (Å²) in [5.41, 5.74) is 7.70. The van der Waals surface area contributed by atoms with Crippen molar-refractivity contribution in [3.05, 3.63) is 46.5 Å². The van der Waals surface area contributed by atoms with Gasteiger partial charge in [0.1, 0.15) is 5.69 Å². The van der Waals surface area contributed by atoms with E-state index in [0.29, 0.717) is 32.9 Å². The Morgan fingerprint density at radius 3 is 2.86 bits per heavy atom. The molecule has 0 unspecified atom stereocenters. The van der Waals surface area contributed by atoms with Crippen LogP contribution in [-0.2, 0) is 0 Å². The smallest absolute Gasteiger partial charge is 0.278 e. The van der Waals surface area contributed by atoms with E-state index in [-0.39, 0.29) is 5.69 Å². The zero-order valence-electron chi connectivity index (χ0n) is 11.0. The molecule has 2 aromatic heterocycles. The maximum atomic E-state index is 11.2. The van der Waals surface area contributed by atoms with Crippen molar-refractivity contribution in [3.63, 3.8) is 0 Å². The van der Waals surface area contributed by atoms with Crippen LogP contribution in [0.4, 0.5) is 10.8 Å². The minimum atomic E-state index is -0.439. The van der Waals surface area contributed by atoms with E-state index >= 15 is 0 Å². The maximum absolute atomic E-state index is 11.2. The highest BCUT2D eigenvalue weighted by Crippen LogP contribution is 2.39. The Hall–Kier alpha value is -3.00. The van der Waals surface area contributed by atoms with Crippen LogP contribution in [0.15, 0.2) is 40.9 Å². The van der Waals surface area contributed by atoms with Crippen molar-refractivity contribution < 1.29 is 9.45 Å². The molecule has 0 radical (unpaired) electrons. The zero-order valence-corrected chi connectivity index (χ0v) is 11.8. The lowest BCUT2D eigenvalue weighted by atomic mass is 10.1. The van der Waals surface area contributed by atoms with Gasteiger partial charge in [-0.1, -0.05) is 28.6 Å². The normalized spacial score (nSPS) is 11.3. The van der Waals surface area contributed by atoms with Gasteiger partial charge in [0.2, 0.25) is 0 Å². The van der Waals surface area contributed by atoms with Crippen LogP contribution < -0.4 is 5.73 Å². The number of aromatic nitrogens is 2. The first-order chi connectivity index (χ1) is 10.6. The lowest BCUT2D eigenvalue weighted by Gasteiger charge is -1.99. The van der Waals surface area contributed by atoms with Gasteiger partial charge < -0.3 is 10.3 Å². The molecule has 2 aromatic carbocycles. The van der Waals surface area contributed by atoms with Crippen molar-refractivity contribution in [2.75, 3.05) is 5.73 Å². The molecule has 108 valence electrons. The minimum Gasteiger partial charge on any atom is -0.375 e. The van der Waals surface area contributed by atoms with Crippen LogP contribution in [0.25, 0.3) is 32.4 Å². The lowest BCUT2D eigenvalue weighted by molar-refractivity contribution is -0.384. The van der Waals surface area contributed by atoms with Gasteiger partial charge in [-0.05, 0) is 18.2 Å². The number of hydrogen-bond donors (Lipinski definition) is 1. The Kier molecular flexibility index (Phi) is 2.60. The topological polar surface area (TPSA) is 108 Å². The highest BCUT2D eigenvalue weighted by atomic mass is 32.1. The third kappa shape index (κ3) is 1.74. The molecular weight excluding hydrogens is 304 g/mol. The van der Waals surface area contributed by atoms with Gasteiger partial charge in [-0.25, -0.2) is 4.98 Å². The molecule has 22 heavy (non-hydrogen) atoms. The fourth-order valence-corrected chi connectivity index (χ4v) is 3.20. The number of nitrogens with zero attached hydrogens (tertiary/aromatic N) is 3. The molecule has 8 heteroatoms. The SMILES string of the molecule is Nc1nc2c(ccc3onc(-c4ccccc4[N+](=O)[O-])c32)s1. The summed E-state index contributed by atoms with van der Waals surface area (Å²) in [6, 6.07) is 10.0. The van der Waals surface area contributed by atoms with E-state index in [9.17, 15) is 10.1 Å². The van der Waals surface area contributed by atoms with E-state index in [2.05, 4.69) is 10.1 Å². The lowest BCUT2D eigenvalue weighted by Crippen LogP contribution is -1.92. The van der Waals surface area contributed by atoms with Crippen molar-refractivity contribution >= 4 is 43.3 Å². The van der Waals surface area contributed by atoms with Crippen LogP contribution in [0.5, 0.6) is 0 Å². The Balaban J connectivity index is 2.12. The second-order valence-corrected chi connectivity index (χ2v) is 5.71. The van der Waals surface area contributed by atoms with E-state index in [1.807, 2.05) is 6.07 Å². The van der Waals surface area contributed by atoms with Gasteiger partial charge in [0, 0.05) is 6.07 Å². The molecule has 0 aliphatic rings. The molecule has 0 spiro atoms. The van der Waals surface area contributed by atoms with E-state index < -0.39 is 4.92 Å².